The van der Waals surface area contributed by atoms with Crippen LogP contribution in [0, 0.1) is 5.92 Å². The number of hydrogen-bond acceptors (Lipinski definition) is 2. The standard InChI is InChI=1S/C15H19BrN2O/c1-18-8-7-14(17-18)10-13(11-16)9-12-3-5-15(19-2)6-4-12/h3-8,13H,9-11H2,1-2H3. The van der Waals surface area contributed by atoms with Crippen LogP contribution in [0.3, 0.4) is 0 Å². The lowest BCUT2D eigenvalue weighted by Crippen LogP contribution is -2.10. The number of hydrogen-bond donors (Lipinski definition) is 0. The smallest absolute Gasteiger partial charge is 0.118 e. The summed E-state index contributed by atoms with van der Waals surface area (Å²) in [6.07, 6.45) is 4.04. The molecule has 0 saturated carbocycles. The molecule has 4 heteroatoms. The van der Waals surface area contributed by atoms with Gasteiger partial charge in [-0.3, -0.25) is 4.68 Å². The highest BCUT2D eigenvalue weighted by Gasteiger charge is 2.11. The minimum atomic E-state index is 0.559. The third kappa shape index (κ3) is 4.10. The fourth-order valence-corrected chi connectivity index (χ4v) is 2.60. The van der Waals surface area contributed by atoms with E-state index in [1.54, 1.807) is 7.11 Å². The molecule has 0 spiro atoms. The fourth-order valence-electron chi connectivity index (χ4n) is 2.14. The molecule has 1 atom stereocenters. The van der Waals surface area contributed by atoms with Crippen molar-refractivity contribution in [1.29, 1.82) is 0 Å². The molecule has 0 fully saturated rings. The summed E-state index contributed by atoms with van der Waals surface area (Å²) in [5, 5.41) is 5.43. The number of rotatable bonds is 6. The van der Waals surface area contributed by atoms with Gasteiger partial charge in [0.05, 0.1) is 12.8 Å². The van der Waals surface area contributed by atoms with Gasteiger partial charge in [0.1, 0.15) is 5.75 Å². The Labute approximate surface area is 122 Å². The number of benzene rings is 1. The number of aromatic nitrogens is 2. The van der Waals surface area contributed by atoms with Crippen LogP contribution >= 0.6 is 15.9 Å². The van der Waals surface area contributed by atoms with E-state index < -0.39 is 0 Å². The molecule has 3 nitrogen and oxygen atoms in total. The zero-order chi connectivity index (χ0) is 13.7. The van der Waals surface area contributed by atoms with Gasteiger partial charge in [0.2, 0.25) is 0 Å². The molecule has 0 saturated heterocycles. The van der Waals surface area contributed by atoms with E-state index in [1.165, 1.54) is 5.56 Å². The van der Waals surface area contributed by atoms with E-state index in [2.05, 4.69) is 39.2 Å². The zero-order valence-electron chi connectivity index (χ0n) is 11.3. The molecule has 2 rings (SSSR count). The van der Waals surface area contributed by atoms with Crippen molar-refractivity contribution in [2.24, 2.45) is 13.0 Å². The minimum absolute atomic E-state index is 0.559. The van der Waals surface area contributed by atoms with Gasteiger partial charge < -0.3 is 4.74 Å². The summed E-state index contributed by atoms with van der Waals surface area (Å²) >= 11 is 3.61. The van der Waals surface area contributed by atoms with Crippen molar-refractivity contribution in [3.05, 3.63) is 47.8 Å². The van der Waals surface area contributed by atoms with E-state index in [0.717, 1.165) is 29.6 Å². The van der Waals surface area contributed by atoms with E-state index in [0.29, 0.717) is 5.92 Å². The molecule has 2 aromatic rings. The molecular weight excluding hydrogens is 304 g/mol. The Morgan fingerprint density at radius 2 is 1.95 bits per heavy atom. The van der Waals surface area contributed by atoms with E-state index in [9.17, 15) is 0 Å². The molecule has 0 bridgehead atoms. The number of aryl methyl sites for hydroxylation is 1. The maximum absolute atomic E-state index is 5.18. The summed E-state index contributed by atoms with van der Waals surface area (Å²) in [5.41, 5.74) is 2.49. The lowest BCUT2D eigenvalue weighted by molar-refractivity contribution is 0.414. The monoisotopic (exact) mass is 322 g/mol. The summed E-state index contributed by atoms with van der Waals surface area (Å²) in [5.74, 6) is 1.46. The molecule has 102 valence electrons. The predicted octanol–water partition coefficient (Wildman–Crippen LogP) is 3.23. The van der Waals surface area contributed by atoms with Crippen LogP contribution in [0.4, 0.5) is 0 Å². The van der Waals surface area contributed by atoms with Gasteiger partial charge in [-0.05, 0) is 42.5 Å². The topological polar surface area (TPSA) is 27.1 Å². The second-order valence-electron chi connectivity index (χ2n) is 4.76. The number of nitrogens with zero attached hydrogens (tertiary/aromatic N) is 2. The van der Waals surface area contributed by atoms with Gasteiger partial charge in [-0.2, -0.15) is 5.10 Å². The number of alkyl halides is 1. The fraction of sp³-hybridized carbons (Fsp3) is 0.400. The van der Waals surface area contributed by atoms with E-state index in [1.807, 2.05) is 30.1 Å². The Kier molecular flexibility index (Phi) is 5.02. The number of ether oxygens (including phenoxy) is 1. The maximum atomic E-state index is 5.18. The highest BCUT2D eigenvalue weighted by molar-refractivity contribution is 9.09. The van der Waals surface area contributed by atoms with Crippen molar-refractivity contribution in [2.75, 3.05) is 12.4 Å². The SMILES string of the molecule is COc1ccc(CC(CBr)Cc2ccn(C)n2)cc1. The Bertz CT molecular complexity index is 507. The first-order valence-corrected chi connectivity index (χ1v) is 7.51. The normalized spacial score (nSPS) is 12.4. The lowest BCUT2D eigenvalue weighted by atomic mass is 9.96. The molecule has 1 aromatic carbocycles. The first kappa shape index (κ1) is 14.1. The molecule has 1 heterocycles. The summed E-state index contributed by atoms with van der Waals surface area (Å²) in [7, 11) is 3.65. The van der Waals surface area contributed by atoms with Gasteiger partial charge in [0.25, 0.3) is 0 Å². The molecule has 0 aliphatic carbocycles. The second kappa shape index (κ2) is 6.75. The summed E-state index contributed by atoms with van der Waals surface area (Å²) in [4.78, 5) is 0. The number of halogens is 1. The van der Waals surface area contributed by atoms with Crippen molar-refractivity contribution in [1.82, 2.24) is 9.78 Å². The van der Waals surface area contributed by atoms with E-state index in [-0.39, 0.29) is 0 Å². The van der Waals surface area contributed by atoms with Gasteiger partial charge in [-0.25, -0.2) is 0 Å². The third-order valence-electron chi connectivity index (χ3n) is 3.17. The summed E-state index contributed by atoms with van der Waals surface area (Å²) < 4.78 is 7.03. The Morgan fingerprint density at radius 3 is 2.47 bits per heavy atom. The molecule has 0 aliphatic rings. The minimum Gasteiger partial charge on any atom is -0.497 e. The highest BCUT2D eigenvalue weighted by Crippen LogP contribution is 2.18. The average molecular weight is 323 g/mol. The zero-order valence-corrected chi connectivity index (χ0v) is 12.9. The van der Waals surface area contributed by atoms with Crippen LogP contribution in [-0.4, -0.2) is 22.2 Å². The summed E-state index contributed by atoms with van der Waals surface area (Å²) in [6, 6.07) is 10.4. The quantitative estimate of drug-likeness (QED) is 0.763. The van der Waals surface area contributed by atoms with Crippen LogP contribution < -0.4 is 4.74 Å². The first-order chi connectivity index (χ1) is 9.21. The van der Waals surface area contributed by atoms with Crippen molar-refractivity contribution in [2.45, 2.75) is 12.8 Å². The molecule has 0 amide bonds. The summed E-state index contributed by atoms with van der Waals surface area (Å²) in [6.45, 7) is 0. The molecular formula is C15H19BrN2O. The lowest BCUT2D eigenvalue weighted by Gasteiger charge is -2.13. The van der Waals surface area contributed by atoms with Gasteiger partial charge in [0, 0.05) is 18.6 Å². The van der Waals surface area contributed by atoms with Crippen molar-refractivity contribution < 1.29 is 4.74 Å². The first-order valence-electron chi connectivity index (χ1n) is 6.38. The Hall–Kier alpha value is -1.29. The van der Waals surface area contributed by atoms with Crippen LogP contribution in [0.25, 0.3) is 0 Å². The highest BCUT2D eigenvalue weighted by atomic mass is 79.9. The number of methoxy groups -OCH3 is 1. The van der Waals surface area contributed by atoms with Gasteiger partial charge in [-0.1, -0.05) is 28.1 Å². The third-order valence-corrected chi connectivity index (χ3v) is 4.08. The Balaban J connectivity index is 1.97. The second-order valence-corrected chi connectivity index (χ2v) is 5.40. The molecule has 0 radical (unpaired) electrons. The molecule has 19 heavy (non-hydrogen) atoms. The molecule has 0 aliphatic heterocycles. The van der Waals surface area contributed by atoms with Gasteiger partial charge in [-0.15, -0.1) is 0 Å². The van der Waals surface area contributed by atoms with Crippen LogP contribution in [0.1, 0.15) is 11.3 Å². The van der Waals surface area contributed by atoms with Gasteiger partial charge >= 0.3 is 0 Å². The van der Waals surface area contributed by atoms with Crippen LogP contribution in [-0.2, 0) is 19.9 Å². The Morgan fingerprint density at radius 1 is 1.21 bits per heavy atom. The molecule has 1 aromatic heterocycles. The van der Waals surface area contributed by atoms with Crippen LogP contribution in [0.2, 0.25) is 0 Å². The maximum Gasteiger partial charge on any atom is 0.118 e. The van der Waals surface area contributed by atoms with Crippen molar-refractivity contribution >= 4 is 15.9 Å². The van der Waals surface area contributed by atoms with Crippen molar-refractivity contribution in [3.8, 4) is 5.75 Å². The largest absolute Gasteiger partial charge is 0.497 e. The average Bonchev–Trinajstić information content (AvgIpc) is 2.84. The molecule has 0 N–H and O–H groups in total. The predicted molar refractivity (Wildman–Crippen MR) is 80.9 cm³/mol. The van der Waals surface area contributed by atoms with Gasteiger partial charge in [0.15, 0.2) is 0 Å². The van der Waals surface area contributed by atoms with E-state index in [4.69, 9.17) is 4.74 Å². The van der Waals surface area contributed by atoms with Crippen LogP contribution in [0.5, 0.6) is 5.75 Å². The van der Waals surface area contributed by atoms with E-state index >= 15 is 0 Å². The van der Waals surface area contributed by atoms with Crippen molar-refractivity contribution in [3.63, 3.8) is 0 Å². The molecule has 1 unspecified atom stereocenters. The van der Waals surface area contributed by atoms with Crippen LogP contribution in [0.15, 0.2) is 36.5 Å².